The molecular weight excluding hydrogens is 1020 g/mol. The van der Waals surface area contributed by atoms with Gasteiger partial charge >= 0.3 is 11.9 Å². The van der Waals surface area contributed by atoms with Crippen molar-refractivity contribution in [2.75, 3.05) is 47.5 Å². The van der Waals surface area contributed by atoms with Crippen LogP contribution in [0.3, 0.4) is 0 Å². The van der Waals surface area contributed by atoms with Crippen molar-refractivity contribution in [3.8, 4) is 0 Å². The van der Waals surface area contributed by atoms with Gasteiger partial charge in [-0.15, -0.1) is 0 Å². The van der Waals surface area contributed by atoms with Gasteiger partial charge in [0.1, 0.15) is 13.2 Å². The number of esters is 2. The number of unbranched alkanes of at least 4 members (excludes halogenated alkanes) is 55. The minimum atomic E-state index is -1.62. The molecule has 0 aromatic rings. The quantitative estimate of drug-likeness (QED) is 0.0256. The van der Waals surface area contributed by atoms with Crippen LogP contribution in [-0.2, 0) is 33.3 Å². The van der Waals surface area contributed by atoms with Crippen LogP contribution >= 0.6 is 0 Å². The first-order valence-corrected chi connectivity index (χ1v) is 36.7. The lowest BCUT2D eigenvalue weighted by atomic mass is 10.0. The number of hydrogen-bond acceptors (Lipinski definition) is 8. The van der Waals surface area contributed by atoms with Crippen LogP contribution in [0.15, 0.2) is 0 Å². The third-order valence-electron chi connectivity index (χ3n) is 17.1. The highest BCUT2D eigenvalue weighted by Gasteiger charge is 2.22. The lowest BCUT2D eigenvalue weighted by Gasteiger charge is -2.26. The molecule has 0 N–H and O–H groups in total. The van der Waals surface area contributed by atoms with E-state index in [1.807, 2.05) is 21.1 Å². The third kappa shape index (κ3) is 65.8. The summed E-state index contributed by atoms with van der Waals surface area (Å²) in [4.78, 5) is 37.5. The predicted molar refractivity (Wildman–Crippen MR) is 348 cm³/mol. The minimum Gasteiger partial charge on any atom is -0.545 e. The molecule has 0 saturated heterocycles. The monoisotopic (exact) mass is 1160 g/mol. The summed E-state index contributed by atoms with van der Waals surface area (Å²) in [6.45, 7) is 4.85. The third-order valence-corrected chi connectivity index (χ3v) is 17.1. The van der Waals surface area contributed by atoms with E-state index in [-0.39, 0.29) is 32.2 Å². The van der Waals surface area contributed by atoms with Crippen LogP contribution < -0.4 is 5.11 Å². The maximum Gasteiger partial charge on any atom is 0.306 e. The Kier molecular flexibility index (Phi) is 63.9. The number of ether oxygens (including phenoxy) is 4. The Morgan fingerprint density at radius 2 is 0.549 bits per heavy atom. The normalized spacial score (nSPS) is 12.5. The number of carbonyl (C=O) groups excluding carboxylic acids is 3. The molecule has 9 nitrogen and oxygen atoms in total. The zero-order valence-corrected chi connectivity index (χ0v) is 55.9. The van der Waals surface area contributed by atoms with Crippen molar-refractivity contribution in [1.29, 1.82) is 0 Å². The van der Waals surface area contributed by atoms with E-state index in [0.717, 1.165) is 38.5 Å². The van der Waals surface area contributed by atoms with Gasteiger partial charge in [-0.25, -0.2) is 0 Å². The van der Waals surface area contributed by atoms with Crippen molar-refractivity contribution in [2.45, 2.75) is 405 Å². The lowest BCUT2D eigenvalue weighted by Crippen LogP contribution is -2.44. The van der Waals surface area contributed by atoms with Gasteiger partial charge in [-0.05, 0) is 12.8 Å². The first kappa shape index (κ1) is 80.3. The summed E-state index contributed by atoms with van der Waals surface area (Å²) < 4.78 is 22.8. The summed E-state index contributed by atoms with van der Waals surface area (Å²) >= 11 is 0. The average Bonchev–Trinajstić information content (AvgIpc) is 3.45. The van der Waals surface area contributed by atoms with E-state index in [1.54, 1.807) is 0 Å². The van der Waals surface area contributed by atoms with E-state index in [0.29, 0.717) is 17.4 Å². The van der Waals surface area contributed by atoms with Gasteiger partial charge in [-0.1, -0.05) is 367 Å². The molecule has 0 aromatic carbocycles. The van der Waals surface area contributed by atoms with Crippen molar-refractivity contribution in [1.82, 2.24) is 0 Å². The molecule has 0 heterocycles. The average molecular weight is 1160 g/mol. The van der Waals surface area contributed by atoms with Crippen LogP contribution in [0.1, 0.15) is 393 Å². The first-order valence-electron chi connectivity index (χ1n) is 36.7. The van der Waals surface area contributed by atoms with E-state index in [1.165, 1.54) is 327 Å². The number of likely N-dealkylation sites (N-methyl/N-ethyl adjacent to an activating group) is 1. The van der Waals surface area contributed by atoms with Crippen LogP contribution in [0.4, 0.5) is 0 Å². The van der Waals surface area contributed by atoms with Gasteiger partial charge < -0.3 is 33.3 Å². The number of nitrogens with zero attached hydrogens (tertiary/aromatic N) is 1. The molecule has 0 aliphatic carbocycles. The number of aliphatic carboxylic acids is 1. The zero-order chi connectivity index (χ0) is 59.8. The van der Waals surface area contributed by atoms with Crippen LogP contribution in [0, 0.1) is 0 Å². The number of quaternary nitrogens is 1. The lowest BCUT2D eigenvalue weighted by molar-refractivity contribution is -0.870. The molecule has 0 rings (SSSR count). The smallest absolute Gasteiger partial charge is 0.306 e. The molecule has 0 spiro atoms. The second-order valence-electron chi connectivity index (χ2n) is 26.6. The predicted octanol–water partition coefficient (Wildman–Crippen LogP) is 21.3. The standard InChI is InChI=1S/C73H143NO8/c1-6-8-10-12-14-16-18-20-22-24-26-28-30-31-32-33-34-35-36-37-38-39-40-42-44-46-48-50-52-54-56-58-60-62-64-71(76)82-69(68-81-73(72(77)78)79-66-65-74(3,4)5)67-80-70(75)63-61-59-57-55-53-51-49-47-45-43-41-29-27-25-23-21-19-17-15-13-11-9-7-2/h69,73H,6-68H2,1-5H3. The van der Waals surface area contributed by atoms with Gasteiger partial charge in [0.2, 0.25) is 0 Å². The Labute approximate surface area is 511 Å². The minimum absolute atomic E-state index is 0.154. The number of carbonyl (C=O) groups is 3. The molecule has 0 fully saturated rings. The zero-order valence-electron chi connectivity index (χ0n) is 55.9. The number of hydrogen-bond donors (Lipinski definition) is 0. The Morgan fingerprint density at radius 1 is 0.317 bits per heavy atom. The van der Waals surface area contributed by atoms with Crippen molar-refractivity contribution >= 4 is 17.9 Å². The van der Waals surface area contributed by atoms with Crippen molar-refractivity contribution in [3.05, 3.63) is 0 Å². The topological polar surface area (TPSA) is 111 Å². The SMILES string of the molecule is CCCCCCCCCCCCCCCCCCCCCCCCCCCCCCCCCCCCC(=O)OC(COC(=O)CCCCCCCCCCCCCCCCCCCCCCCCC)COC(OCC[N+](C)(C)C)C(=O)[O-]. The van der Waals surface area contributed by atoms with E-state index < -0.39 is 24.3 Å². The van der Waals surface area contributed by atoms with Crippen LogP contribution in [-0.4, -0.2) is 82.3 Å². The second kappa shape index (κ2) is 65.3. The van der Waals surface area contributed by atoms with Gasteiger partial charge in [0.15, 0.2) is 12.4 Å². The van der Waals surface area contributed by atoms with E-state index in [4.69, 9.17) is 18.9 Å². The molecule has 2 atom stereocenters. The van der Waals surface area contributed by atoms with Gasteiger partial charge in [-0.2, -0.15) is 0 Å². The van der Waals surface area contributed by atoms with Crippen molar-refractivity contribution in [2.24, 2.45) is 0 Å². The summed E-state index contributed by atoms with van der Waals surface area (Å²) in [5.41, 5.74) is 0. The fraction of sp³-hybridized carbons (Fsp3) is 0.959. The summed E-state index contributed by atoms with van der Waals surface area (Å²) in [5.74, 6) is -2.24. The Hall–Kier alpha value is -1.71. The highest BCUT2D eigenvalue weighted by molar-refractivity contribution is 5.70. The summed E-state index contributed by atoms with van der Waals surface area (Å²) in [5, 5.41) is 11.8. The maximum absolute atomic E-state index is 12.9. The molecule has 488 valence electrons. The molecule has 2 unspecified atom stereocenters. The molecule has 0 aromatic heterocycles. The number of carboxylic acids is 1. The number of rotatable bonds is 70. The molecular formula is C73H143NO8. The van der Waals surface area contributed by atoms with Gasteiger partial charge in [0.05, 0.1) is 40.3 Å². The molecule has 82 heavy (non-hydrogen) atoms. The van der Waals surface area contributed by atoms with Crippen molar-refractivity contribution in [3.63, 3.8) is 0 Å². The van der Waals surface area contributed by atoms with Crippen LogP contribution in [0.5, 0.6) is 0 Å². The fourth-order valence-electron chi connectivity index (χ4n) is 11.5. The van der Waals surface area contributed by atoms with Crippen molar-refractivity contribution < 1.29 is 42.9 Å². The summed E-state index contributed by atoms with van der Waals surface area (Å²) in [6, 6.07) is 0. The van der Waals surface area contributed by atoms with Gasteiger partial charge in [0.25, 0.3) is 0 Å². The molecule has 9 heteroatoms. The van der Waals surface area contributed by atoms with Crippen LogP contribution in [0.25, 0.3) is 0 Å². The summed E-state index contributed by atoms with van der Waals surface area (Å²) in [7, 11) is 5.95. The van der Waals surface area contributed by atoms with E-state index in [9.17, 15) is 19.5 Å². The molecule has 0 bridgehead atoms. The van der Waals surface area contributed by atoms with Crippen LogP contribution in [0.2, 0.25) is 0 Å². The van der Waals surface area contributed by atoms with Gasteiger partial charge in [-0.3, -0.25) is 9.59 Å². The molecule has 0 aliphatic heterocycles. The molecule has 0 aliphatic rings. The summed E-state index contributed by atoms with van der Waals surface area (Å²) in [6.07, 6.45) is 75.0. The second-order valence-corrected chi connectivity index (χ2v) is 26.6. The molecule has 0 radical (unpaired) electrons. The van der Waals surface area contributed by atoms with E-state index >= 15 is 0 Å². The highest BCUT2D eigenvalue weighted by Crippen LogP contribution is 2.20. The maximum atomic E-state index is 12.9. The van der Waals surface area contributed by atoms with E-state index in [2.05, 4.69) is 13.8 Å². The highest BCUT2D eigenvalue weighted by atomic mass is 16.7. The Morgan fingerprint density at radius 3 is 0.780 bits per heavy atom. The first-order chi connectivity index (χ1) is 40.1. The number of carboxylic acid groups (broad SMARTS) is 1. The Bertz CT molecular complexity index is 1300. The Balaban J connectivity index is 3.99. The fourth-order valence-corrected chi connectivity index (χ4v) is 11.5. The molecule has 0 amide bonds. The molecule has 0 saturated carbocycles. The van der Waals surface area contributed by atoms with Gasteiger partial charge in [0, 0.05) is 12.8 Å². The largest absolute Gasteiger partial charge is 0.545 e.